The Hall–Kier alpha value is -2.93. The number of likely N-dealkylation sites (N-methyl/N-ethyl adjacent to an activating group) is 1. The number of pyridine rings is 1. The van der Waals surface area contributed by atoms with Gasteiger partial charge in [0.1, 0.15) is 12.2 Å². The van der Waals surface area contributed by atoms with E-state index in [9.17, 15) is 5.11 Å². The average Bonchev–Trinajstić information content (AvgIpc) is 2.75. The molecular formula is C22H31N6O+. The van der Waals surface area contributed by atoms with Gasteiger partial charge in [0.2, 0.25) is 0 Å². The van der Waals surface area contributed by atoms with Gasteiger partial charge in [-0.25, -0.2) is 4.57 Å². The lowest BCUT2D eigenvalue weighted by Crippen LogP contribution is -2.37. The summed E-state index contributed by atoms with van der Waals surface area (Å²) >= 11 is 0. The molecule has 1 aromatic carbocycles. The lowest BCUT2D eigenvalue weighted by molar-refractivity contribution is -0.686. The van der Waals surface area contributed by atoms with Crippen LogP contribution in [-0.2, 0) is 19.6 Å². The minimum atomic E-state index is 0.146. The third-order valence-corrected chi connectivity index (χ3v) is 4.91. The number of hydrogen-bond acceptors (Lipinski definition) is 4. The average molecular weight is 396 g/mol. The molecule has 3 aromatic rings. The minimum Gasteiger partial charge on any atom is -0.395 e. The van der Waals surface area contributed by atoms with Crippen LogP contribution in [0, 0.1) is 0 Å². The zero-order valence-corrected chi connectivity index (χ0v) is 17.4. The Kier molecular flexibility index (Phi) is 7.58. The predicted octanol–water partition coefficient (Wildman–Crippen LogP) is 3.92. The van der Waals surface area contributed by atoms with Crippen LogP contribution in [0.2, 0.25) is 0 Å². The van der Waals surface area contributed by atoms with E-state index in [1.54, 1.807) is 0 Å². The van der Waals surface area contributed by atoms with E-state index in [0.29, 0.717) is 6.54 Å². The van der Waals surface area contributed by atoms with Crippen LogP contribution in [0.4, 0.5) is 17.2 Å². The Labute approximate surface area is 172 Å². The van der Waals surface area contributed by atoms with Crippen molar-refractivity contribution in [1.29, 1.82) is 0 Å². The Morgan fingerprint density at radius 2 is 1.72 bits per heavy atom. The second kappa shape index (κ2) is 10.6. The van der Waals surface area contributed by atoms with Crippen LogP contribution in [0.3, 0.4) is 0 Å². The number of hydrogen-bond donors (Lipinski definition) is 1. The van der Waals surface area contributed by atoms with Gasteiger partial charge in [0.25, 0.3) is 0 Å². The molecule has 0 fully saturated rings. The first-order valence-electron chi connectivity index (χ1n) is 10.3. The van der Waals surface area contributed by atoms with E-state index in [4.69, 9.17) is 0 Å². The molecule has 0 aliphatic rings. The lowest BCUT2D eigenvalue weighted by atomic mass is 10.2. The highest BCUT2D eigenvalue weighted by Crippen LogP contribution is 2.21. The van der Waals surface area contributed by atoms with Gasteiger partial charge >= 0.3 is 5.82 Å². The summed E-state index contributed by atoms with van der Waals surface area (Å²) in [5, 5.41) is 18.1. The van der Waals surface area contributed by atoms with Crippen molar-refractivity contribution in [2.24, 2.45) is 10.2 Å². The molecule has 29 heavy (non-hydrogen) atoms. The van der Waals surface area contributed by atoms with Crippen molar-refractivity contribution in [3.63, 3.8) is 0 Å². The Morgan fingerprint density at radius 1 is 0.966 bits per heavy atom. The molecule has 0 unspecified atom stereocenters. The van der Waals surface area contributed by atoms with Gasteiger partial charge in [0, 0.05) is 43.8 Å². The molecule has 7 heteroatoms. The van der Waals surface area contributed by atoms with Crippen molar-refractivity contribution in [2.75, 3.05) is 24.6 Å². The molecular weight excluding hydrogens is 364 g/mol. The van der Waals surface area contributed by atoms with E-state index < -0.39 is 0 Å². The van der Waals surface area contributed by atoms with Crippen LogP contribution in [-0.4, -0.2) is 34.2 Å². The van der Waals surface area contributed by atoms with Crippen molar-refractivity contribution in [2.45, 2.75) is 39.9 Å². The fourth-order valence-electron chi connectivity index (χ4n) is 3.28. The number of benzene rings is 1. The van der Waals surface area contributed by atoms with Gasteiger partial charge in [0.15, 0.2) is 0 Å². The van der Waals surface area contributed by atoms with Crippen LogP contribution in [0.5, 0.6) is 0 Å². The predicted molar refractivity (Wildman–Crippen MR) is 115 cm³/mol. The number of azo groups is 1. The Balaban J connectivity index is 1.65. The lowest BCUT2D eigenvalue weighted by Gasteiger charge is -2.21. The Morgan fingerprint density at radius 3 is 2.38 bits per heavy atom. The summed E-state index contributed by atoms with van der Waals surface area (Å²) in [6, 6.07) is 13.9. The maximum atomic E-state index is 9.17. The molecule has 2 heterocycles. The normalized spacial score (nSPS) is 11.4. The van der Waals surface area contributed by atoms with E-state index in [1.807, 2.05) is 48.7 Å². The van der Waals surface area contributed by atoms with Crippen molar-refractivity contribution >= 4 is 17.2 Å². The molecule has 7 nitrogen and oxygen atoms in total. The highest BCUT2D eigenvalue weighted by Gasteiger charge is 2.10. The fraction of sp³-hybridized carbons (Fsp3) is 0.409. The van der Waals surface area contributed by atoms with Crippen LogP contribution >= 0.6 is 0 Å². The quantitative estimate of drug-likeness (QED) is 0.395. The van der Waals surface area contributed by atoms with Gasteiger partial charge in [-0.05, 0) is 48.8 Å². The summed E-state index contributed by atoms with van der Waals surface area (Å²) in [7, 11) is 0. The highest BCUT2D eigenvalue weighted by atomic mass is 16.3. The second-order valence-electron chi connectivity index (χ2n) is 6.90. The molecule has 154 valence electrons. The standard InChI is InChI=1S/C22H31N6O/c1-3-12-27-16-17-28(27)15-14-26-13-6-5-7-22(26)24-23-20-8-10-21(11-9-20)25(4-2)18-19-29/h5-11,13,16-17,29H,3-4,12,14-15,18-19H2,1-2H3/q+1. The molecule has 0 radical (unpaired) electrons. The zero-order valence-electron chi connectivity index (χ0n) is 17.4. The van der Waals surface area contributed by atoms with Crippen molar-refractivity contribution in [3.8, 4) is 0 Å². The molecule has 0 aliphatic carbocycles. The maximum Gasteiger partial charge on any atom is 0.350 e. The molecule has 0 bridgehead atoms. The zero-order chi connectivity index (χ0) is 20.5. The van der Waals surface area contributed by atoms with Gasteiger partial charge in [-0.3, -0.25) is 9.36 Å². The highest BCUT2D eigenvalue weighted by molar-refractivity contribution is 5.52. The van der Waals surface area contributed by atoms with Gasteiger partial charge in [-0.15, -0.1) is 0 Å². The number of aryl methyl sites for hydroxylation is 3. The smallest absolute Gasteiger partial charge is 0.350 e. The topological polar surface area (TPSA) is 61.9 Å². The van der Waals surface area contributed by atoms with E-state index in [1.165, 1.54) is 0 Å². The first-order chi connectivity index (χ1) is 14.2. The van der Waals surface area contributed by atoms with Crippen molar-refractivity contribution in [1.82, 2.24) is 9.36 Å². The maximum absolute atomic E-state index is 9.17. The number of aliphatic hydroxyl groups is 1. The van der Waals surface area contributed by atoms with E-state index in [-0.39, 0.29) is 6.61 Å². The monoisotopic (exact) mass is 395 g/mol. The number of nitrogens with zero attached hydrogens (tertiary/aromatic N) is 6. The van der Waals surface area contributed by atoms with Crippen molar-refractivity contribution in [3.05, 3.63) is 61.1 Å². The summed E-state index contributed by atoms with van der Waals surface area (Å²) < 4.78 is 6.59. The third kappa shape index (κ3) is 5.54. The van der Waals surface area contributed by atoms with Crippen LogP contribution in [0.1, 0.15) is 20.3 Å². The summed E-state index contributed by atoms with van der Waals surface area (Å²) in [5.41, 5.74) is 1.89. The van der Waals surface area contributed by atoms with E-state index in [0.717, 1.165) is 49.8 Å². The molecule has 0 spiro atoms. The number of anilines is 1. The summed E-state index contributed by atoms with van der Waals surface area (Å²) in [6.07, 6.45) is 7.40. The SMILES string of the molecule is CCCn1ccn1CC[n+]1ccccc1N=Nc1ccc(N(CC)CCO)cc1. The van der Waals surface area contributed by atoms with Gasteiger partial charge in [-0.1, -0.05) is 13.0 Å². The van der Waals surface area contributed by atoms with Crippen LogP contribution in [0.15, 0.2) is 71.3 Å². The third-order valence-electron chi connectivity index (χ3n) is 4.91. The first-order valence-corrected chi connectivity index (χ1v) is 10.3. The van der Waals surface area contributed by atoms with E-state index in [2.05, 4.69) is 55.3 Å². The number of rotatable bonds is 11. The number of aliphatic hydroxyl groups excluding tert-OH is 1. The Bertz CT molecular complexity index is 896. The molecule has 0 atom stereocenters. The van der Waals surface area contributed by atoms with Crippen molar-refractivity contribution < 1.29 is 9.67 Å². The molecule has 0 saturated carbocycles. The fourth-order valence-corrected chi connectivity index (χ4v) is 3.28. The first kappa shape index (κ1) is 20.8. The van der Waals surface area contributed by atoms with Crippen LogP contribution in [0.25, 0.3) is 0 Å². The molecule has 0 amide bonds. The van der Waals surface area contributed by atoms with Gasteiger partial charge in [-0.2, -0.15) is 0 Å². The molecule has 3 rings (SSSR count). The van der Waals surface area contributed by atoms with Gasteiger partial charge < -0.3 is 10.0 Å². The van der Waals surface area contributed by atoms with Gasteiger partial charge in [0.05, 0.1) is 24.5 Å². The molecule has 2 aromatic heterocycles. The largest absolute Gasteiger partial charge is 0.395 e. The molecule has 1 N–H and O–H groups in total. The summed E-state index contributed by atoms with van der Waals surface area (Å²) in [5.74, 6) is 0.832. The minimum absolute atomic E-state index is 0.146. The molecule has 0 aliphatic heterocycles. The second-order valence-corrected chi connectivity index (χ2v) is 6.90. The van der Waals surface area contributed by atoms with E-state index >= 15 is 0 Å². The summed E-state index contributed by atoms with van der Waals surface area (Å²) in [4.78, 5) is 2.12. The summed E-state index contributed by atoms with van der Waals surface area (Å²) in [6.45, 7) is 8.68. The van der Waals surface area contributed by atoms with Crippen LogP contribution < -0.4 is 9.47 Å². The molecule has 0 saturated heterocycles. The number of aromatic nitrogens is 3.